The number of hydrogen-bond donors (Lipinski definition) is 1. The minimum atomic E-state index is -0.818. The molecule has 0 saturated carbocycles. The Bertz CT molecular complexity index is 430. The molecule has 1 aromatic carbocycles. The first-order chi connectivity index (χ1) is 8.96. The second-order valence-electron chi connectivity index (χ2n) is 5.65. The average molecular weight is 263 g/mol. The Morgan fingerprint density at radius 1 is 1.42 bits per heavy atom. The van der Waals surface area contributed by atoms with Crippen LogP contribution in [0.15, 0.2) is 30.3 Å². The van der Waals surface area contributed by atoms with Gasteiger partial charge in [0.2, 0.25) is 0 Å². The highest BCUT2D eigenvalue weighted by molar-refractivity contribution is 5.73. The van der Waals surface area contributed by atoms with Crippen molar-refractivity contribution in [3.05, 3.63) is 30.3 Å². The van der Waals surface area contributed by atoms with Crippen LogP contribution in [-0.4, -0.2) is 35.9 Å². The number of para-hydroxylation sites is 1. The number of carboxylic acids is 1. The maximum absolute atomic E-state index is 11.0. The van der Waals surface area contributed by atoms with Crippen LogP contribution in [0.1, 0.15) is 26.7 Å². The van der Waals surface area contributed by atoms with Gasteiger partial charge in [-0.15, -0.1) is 0 Å². The molecule has 0 aliphatic carbocycles. The second-order valence-corrected chi connectivity index (χ2v) is 5.65. The lowest BCUT2D eigenvalue weighted by atomic mass is 10.1. The number of carboxylic acid groups (broad SMARTS) is 1. The maximum Gasteiger partial charge on any atom is 0.323 e. The predicted molar refractivity (Wildman–Crippen MR) is 74.5 cm³/mol. The Morgan fingerprint density at radius 3 is 2.63 bits per heavy atom. The van der Waals surface area contributed by atoms with E-state index in [1.807, 2.05) is 35.2 Å². The largest absolute Gasteiger partial charge is 0.480 e. The fourth-order valence-electron chi connectivity index (χ4n) is 2.52. The van der Waals surface area contributed by atoms with Gasteiger partial charge < -0.3 is 14.7 Å². The Balaban J connectivity index is 2.05. The van der Waals surface area contributed by atoms with Crippen LogP contribution in [0.3, 0.4) is 0 Å². The van der Waals surface area contributed by atoms with Crippen LogP contribution >= 0.6 is 0 Å². The Morgan fingerprint density at radius 2 is 2.11 bits per heavy atom. The number of aliphatic carboxylic acids is 1. The minimum Gasteiger partial charge on any atom is -0.480 e. The molecule has 2 rings (SSSR count). The van der Waals surface area contributed by atoms with Gasteiger partial charge in [-0.2, -0.15) is 0 Å². The third-order valence-electron chi connectivity index (χ3n) is 3.43. The molecular formula is C15H21NO3. The molecule has 0 bridgehead atoms. The number of anilines is 1. The fourth-order valence-corrected chi connectivity index (χ4v) is 2.52. The number of rotatable bonds is 5. The summed E-state index contributed by atoms with van der Waals surface area (Å²) in [5.41, 5.74) is 0.842. The van der Waals surface area contributed by atoms with Crippen LogP contribution in [0.5, 0.6) is 0 Å². The Kier molecular flexibility index (Phi) is 4.10. The summed E-state index contributed by atoms with van der Waals surface area (Å²) >= 11 is 0. The van der Waals surface area contributed by atoms with Crippen molar-refractivity contribution in [2.45, 2.75) is 38.4 Å². The summed E-state index contributed by atoms with van der Waals surface area (Å²) in [5, 5.41) is 9.04. The molecule has 4 nitrogen and oxygen atoms in total. The smallest absolute Gasteiger partial charge is 0.323 e. The highest BCUT2D eigenvalue weighted by Crippen LogP contribution is 2.30. The zero-order valence-corrected chi connectivity index (χ0v) is 11.5. The molecule has 1 N–H and O–H groups in total. The van der Waals surface area contributed by atoms with E-state index >= 15 is 0 Å². The van der Waals surface area contributed by atoms with E-state index in [4.69, 9.17) is 9.84 Å². The van der Waals surface area contributed by atoms with Gasteiger partial charge in [-0.1, -0.05) is 18.2 Å². The van der Waals surface area contributed by atoms with Gasteiger partial charge >= 0.3 is 5.97 Å². The number of carbonyl (C=O) groups is 1. The van der Waals surface area contributed by atoms with Gasteiger partial charge in [-0.05, 0) is 38.8 Å². The lowest BCUT2D eigenvalue weighted by Gasteiger charge is -2.27. The molecule has 1 fully saturated rings. The van der Waals surface area contributed by atoms with Gasteiger partial charge in [0.1, 0.15) is 6.54 Å². The van der Waals surface area contributed by atoms with Crippen molar-refractivity contribution < 1.29 is 14.6 Å². The normalized spacial score (nSPS) is 21.3. The van der Waals surface area contributed by atoms with E-state index < -0.39 is 5.97 Å². The summed E-state index contributed by atoms with van der Waals surface area (Å²) < 4.78 is 5.95. The fraction of sp³-hybridized carbons (Fsp3) is 0.533. The van der Waals surface area contributed by atoms with E-state index in [1.54, 1.807) is 0 Å². The van der Waals surface area contributed by atoms with Crippen LogP contribution in [0.4, 0.5) is 5.69 Å². The number of ether oxygens (including phenoxy) is 1. The lowest BCUT2D eigenvalue weighted by molar-refractivity contribution is -0.135. The quantitative estimate of drug-likeness (QED) is 0.887. The average Bonchev–Trinajstić information content (AvgIpc) is 2.68. The molecule has 1 saturated heterocycles. The maximum atomic E-state index is 11.0. The topological polar surface area (TPSA) is 49.8 Å². The monoisotopic (exact) mass is 263 g/mol. The van der Waals surface area contributed by atoms with Gasteiger partial charge in [0.05, 0.1) is 11.7 Å². The highest BCUT2D eigenvalue weighted by atomic mass is 16.5. The van der Waals surface area contributed by atoms with Crippen LogP contribution in [0, 0.1) is 0 Å². The first kappa shape index (κ1) is 13.9. The lowest BCUT2D eigenvalue weighted by Crippen LogP contribution is -2.37. The molecule has 4 heteroatoms. The van der Waals surface area contributed by atoms with E-state index in [0.29, 0.717) is 6.54 Å². The standard InChI is InChI=1S/C15H21NO3/c1-15(2)9-8-13(19-15)10-16(11-14(17)18)12-6-4-3-5-7-12/h3-7,13H,8-11H2,1-2H3,(H,17,18). The number of nitrogens with zero attached hydrogens (tertiary/aromatic N) is 1. The minimum absolute atomic E-state index is 0.00427. The van der Waals surface area contributed by atoms with Crippen molar-refractivity contribution >= 4 is 11.7 Å². The van der Waals surface area contributed by atoms with Crippen LogP contribution in [0.2, 0.25) is 0 Å². The van der Waals surface area contributed by atoms with Crippen molar-refractivity contribution in [1.29, 1.82) is 0 Å². The van der Waals surface area contributed by atoms with Crippen molar-refractivity contribution in [3.8, 4) is 0 Å². The molecule has 0 spiro atoms. The van der Waals surface area contributed by atoms with Gasteiger partial charge in [-0.3, -0.25) is 4.79 Å². The molecule has 19 heavy (non-hydrogen) atoms. The Hall–Kier alpha value is -1.55. The number of benzene rings is 1. The first-order valence-corrected chi connectivity index (χ1v) is 6.66. The van der Waals surface area contributed by atoms with E-state index in [-0.39, 0.29) is 18.2 Å². The summed E-state index contributed by atoms with van der Waals surface area (Å²) in [7, 11) is 0. The Labute approximate surface area is 114 Å². The van der Waals surface area contributed by atoms with Crippen molar-refractivity contribution in [2.24, 2.45) is 0 Å². The molecule has 1 aliphatic heterocycles. The molecule has 1 atom stereocenters. The summed E-state index contributed by atoms with van der Waals surface area (Å²) in [6.45, 7) is 4.79. The summed E-state index contributed by atoms with van der Waals surface area (Å²) in [4.78, 5) is 12.9. The number of hydrogen-bond acceptors (Lipinski definition) is 3. The van der Waals surface area contributed by atoms with Gasteiger partial charge in [-0.25, -0.2) is 0 Å². The SMILES string of the molecule is CC1(C)CCC(CN(CC(=O)O)c2ccccc2)O1. The van der Waals surface area contributed by atoms with E-state index in [9.17, 15) is 4.79 Å². The molecule has 1 aromatic rings. The highest BCUT2D eigenvalue weighted by Gasteiger charge is 2.32. The second kappa shape index (κ2) is 5.61. The zero-order valence-electron chi connectivity index (χ0n) is 11.5. The van der Waals surface area contributed by atoms with E-state index in [0.717, 1.165) is 18.5 Å². The third-order valence-corrected chi connectivity index (χ3v) is 3.43. The molecular weight excluding hydrogens is 242 g/mol. The van der Waals surface area contributed by atoms with Crippen LogP contribution < -0.4 is 4.90 Å². The van der Waals surface area contributed by atoms with Crippen LogP contribution in [0.25, 0.3) is 0 Å². The molecule has 1 aliphatic rings. The zero-order chi connectivity index (χ0) is 13.9. The van der Waals surface area contributed by atoms with E-state index in [1.165, 1.54) is 0 Å². The van der Waals surface area contributed by atoms with Crippen molar-refractivity contribution in [1.82, 2.24) is 0 Å². The van der Waals surface area contributed by atoms with Crippen molar-refractivity contribution in [3.63, 3.8) is 0 Å². The van der Waals surface area contributed by atoms with Crippen LogP contribution in [-0.2, 0) is 9.53 Å². The summed E-state index contributed by atoms with van der Waals surface area (Å²) in [6, 6.07) is 9.64. The first-order valence-electron chi connectivity index (χ1n) is 6.66. The summed E-state index contributed by atoms with van der Waals surface area (Å²) in [6.07, 6.45) is 2.11. The van der Waals surface area contributed by atoms with Crippen molar-refractivity contribution in [2.75, 3.05) is 18.0 Å². The molecule has 0 radical (unpaired) electrons. The molecule has 0 amide bonds. The third kappa shape index (κ3) is 3.96. The van der Waals surface area contributed by atoms with Gasteiger partial charge in [0.15, 0.2) is 0 Å². The predicted octanol–water partition coefficient (Wildman–Crippen LogP) is 2.54. The molecule has 0 aromatic heterocycles. The summed E-state index contributed by atoms with van der Waals surface area (Å²) in [5.74, 6) is -0.818. The van der Waals surface area contributed by atoms with E-state index in [2.05, 4.69) is 13.8 Å². The van der Waals surface area contributed by atoms with Gasteiger partial charge in [0, 0.05) is 12.2 Å². The molecule has 1 unspecified atom stereocenters. The molecule has 1 heterocycles. The van der Waals surface area contributed by atoms with Gasteiger partial charge in [0.25, 0.3) is 0 Å². The molecule has 104 valence electrons.